The van der Waals surface area contributed by atoms with E-state index in [2.05, 4.69) is 101 Å². The van der Waals surface area contributed by atoms with Crippen molar-refractivity contribution >= 4 is 27.5 Å². The van der Waals surface area contributed by atoms with Crippen molar-refractivity contribution in [2.24, 2.45) is 0 Å². The minimum absolute atomic E-state index is 0.902. The summed E-state index contributed by atoms with van der Waals surface area (Å²) < 4.78 is 1.45. The zero-order valence-corrected chi connectivity index (χ0v) is 23.1. The molecule has 4 heteroatoms. The first kappa shape index (κ1) is 24.6. The molecular weight excluding hydrogens is 420 g/mol. The fourth-order valence-electron chi connectivity index (χ4n) is 4.52. The highest BCUT2D eigenvalue weighted by molar-refractivity contribution is 6.75. The van der Waals surface area contributed by atoms with Gasteiger partial charge in [0.15, 0.2) is 0 Å². The van der Waals surface area contributed by atoms with Gasteiger partial charge in [0.05, 0.1) is 0 Å². The summed E-state index contributed by atoms with van der Waals surface area (Å²) in [6.45, 7) is 16.7. The summed E-state index contributed by atoms with van der Waals surface area (Å²) in [5.41, 5.74) is 19.5. The van der Waals surface area contributed by atoms with Gasteiger partial charge in [-0.25, -0.2) is 4.70 Å². The van der Waals surface area contributed by atoms with Gasteiger partial charge >= 0.3 is 0 Å². The van der Waals surface area contributed by atoms with Gasteiger partial charge in [-0.3, -0.25) is 0 Å². The van der Waals surface area contributed by atoms with Crippen molar-refractivity contribution in [3.05, 3.63) is 88.0 Å². The van der Waals surface area contributed by atoms with Gasteiger partial charge in [-0.05, 0) is 60.3 Å². The van der Waals surface area contributed by atoms with E-state index in [0.717, 1.165) is 53.9 Å². The zero-order chi connectivity index (χ0) is 23.5. The number of unbranched alkanes of at least 4 members (excludes halogenated alkanes) is 1. The van der Waals surface area contributed by atoms with E-state index in [4.69, 9.17) is 0 Å². The van der Waals surface area contributed by atoms with Crippen LogP contribution in [0.1, 0.15) is 48.4 Å². The molecule has 1 aliphatic heterocycles. The molecule has 0 amide bonds. The van der Waals surface area contributed by atoms with Crippen molar-refractivity contribution in [3.8, 4) is 0 Å². The topological polar surface area (TPSA) is 25.3 Å². The molecule has 0 aliphatic carbocycles. The van der Waals surface area contributed by atoms with Crippen LogP contribution in [0.3, 0.4) is 0 Å². The quantitative estimate of drug-likeness (QED) is 0.265. The van der Waals surface area contributed by atoms with Gasteiger partial charge in [-0.15, -0.1) is 0 Å². The molecule has 2 nitrogen and oxygen atoms in total. The Kier molecular flexibility index (Phi) is 7.56. The average molecular weight is 461 g/mol. The largest absolute Gasteiger partial charge is 0.493 e. The smallest absolute Gasteiger partial charge is 0.210 e. The van der Waals surface area contributed by atoms with Crippen LogP contribution in [0, 0.1) is 0 Å². The molecule has 1 heterocycles. The molecule has 0 fully saturated rings. The van der Waals surface area contributed by atoms with Crippen LogP contribution in [0.4, 0.5) is 0 Å². The van der Waals surface area contributed by atoms with Crippen LogP contribution in [0.15, 0.2) is 60.2 Å². The number of nitrogens with zero attached hydrogens (tertiary/aromatic N) is 2. The van der Waals surface area contributed by atoms with E-state index in [-0.39, 0.29) is 0 Å². The lowest BCUT2D eigenvalue weighted by molar-refractivity contribution is -0.344. The predicted molar refractivity (Wildman–Crippen MR) is 145 cm³/mol. The van der Waals surface area contributed by atoms with Crippen LogP contribution in [0.2, 0.25) is 39.3 Å². The standard InChI is InChI=1S/C28H40N2Si2/c1-8-9-14-26-19-27(24-15-10-12-22(17-24)20-31(2,3)4)30(29)28(26)25-16-11-13-23(18-25)21-32(5,6)7/h10-13,15-19H,8-9,14,20-21H2,1-7H3. The molecule has 0 N–H and O–H groups in total. The zero-order valence-electron chi connectivity index (χ0n) is 21.1. The number of hydrogen-bond donors (Lipinski definition) is 0. The Morgan fingerprint density at radius 2 is 1.31 bits per heavy atom. The van der Waals surface area contributed by atoms with Crippen LogP contribution < -0.4 is 0 Å². The third-order valence-electron chi connectivity index (χ3n) is 5.75. The average Bonchev–Trinajstić information content (AvgIpc) is 3.00. The third-order valence-corrected chi connectivity index (χ3v) is 8.68. The number of hydrogen-bond acceptors (Lipinski definition) is 0. The Morgan fingerprint density at radius 1 is 0.781 bits per heavy atom. The molecule has 3 rings (SSSR count). The molecule has 1 aliphatic rings. The van der Waals surface area contributed by atoms with E-state index in [1.165, 1.54) is 21.4 Å². The fourth-order valence-corrected chi connectivity index (χ4v) is 7.41. The highest BCUT2D eigenvalue weighted by Crippen LogP contribution is 2.38. The maximum atomic E-state index is 11.4. The summed E-state index contributed by atoms with van der Waals surface area (Å²) in [5, 5.41) is 0. The van der Waals surface area contributed by atoms with Gasteiger partial charge in [-0.2, -0.15) is 0 Å². The SMILES string of the molecule is CCCCC1=C(c2cccc(C[Si](C)(C)C)c2)[N+](=[N-])C(c2cccc(C[Si](C)(C)C)c2)=C1. The summed E-state index contributed by atoms with van der Waals surface area (Å²) >= 11 is 0. The molecule has 2 aromatic carbocycles. The monoisotopic (exact) mass is 460 g/mol. The Balaban J connectivity index is 1.98. The van der Waals surface area contributed by atoms with Gasteiger partial charge in [0.1, 0.15) is 0 Å². The van der Waals surface area contributed by atoms with Crippen molar-refractivity contribution in [2.45, 2.75) is 77.6 Å². The summed E-state index contributed by atoms with van der Waals surface area (Å²) in [7, 11) is -2.41. The maximum absolute atomic E-state index is 11.4. The van der Waals surface area contributed by atoms with Crippen molar-refractivity contribution in [2.75, 3.05) is 0 Å². The van der Waals surface area contributed by atoms with E-state index in [0.29, 0.717) is 0 Å². The minimum atomic E-state index is -1.21. The van der Waals surface area contributed by atoms with Gasteiger partial charge in [0.25, 0.3) is 0 Å². The van der Waals surface area contributed by atoms with E-state index >= 15 is 0 Å². The molecule has 0 spiro atoms. The van der Waals surface area contributed by atoms with E-state index in [1.54, 1.807) is 0 Å². The predicted octanol–water partition coefficient (Wildman–Crippen LogP) is 8.52. The fraction of sp³-hybridized carbons (Fsp3) is 0.429. The normalized spacial score (nSPS) is 14.8. The molecule has 0 saturated carbocycles. The van der Waals surface area contributed by atoms with E-state index in [1.807, 2.05) is 0 Å². The molecule has 2 aromatic rings. The second-order valence-electron chi connectivity index (χ2n) is 11.7. The Morgan fingerprint density at radius 3 is 1.84 bits per heavy atom. The highest BCUT2D eigenvalue weighted by atomic mass is 28.3. The number of benzene rings is 2. The van der Waals surface area contributed by atoms with Crippen molar-refractivity contribution < 1.29 is 4.70 Å². The van der Waals surface area contributed by atoms with Gasteiger partial charge < -0.3 is 5.53 Å². The lowest BCUT2D eigenvalue weighted by Crippen LogP contribution is -2.23. The first-order chi connectivity index (χ1) is 15.0. The van der Waals surface area contributed by atoms with Crippen LogP contribution in [0.25, 0.3) is 16.9 Å². The van der Waals surface area contributed by atoms with Gasteiger partial charge in [0.2, 0.25) is 11.4 Å². The minimum Gasteiger partial charge on any atom is -0.493 e. The molecule has 32 heavy (non-hydrogen) atoms. The molecule has 0 bridgehead atoms. The summed E-state index contributed by atoms with van der Waals surface area (Å²) in [6.07, 6.45) is 5.47. The number of rotatable bonds is 9. The summed E-state index contributed by atoms with van der Waals surface area (Å²) in [6, 6.07) is 19.9. The van der Waals surface area contributed by atoms with E-state index < -0.39 is 16.1 Å². The second kappa shape index (κ2) is 9.84. The van der Waals surface area contributed by atoms with Crippen LogP contribution in [-0.4, -0.2) is 20.8 Å². The van der Waals surface area contributed by atoms with Crippen molar-refractivity contribution in [1.82, 2.24) is 0 Å². The molecule has 0 unspecified atom stereocenters. The second-order valence-corrected chi connectivity index (χ2v) is 22.6. The van der Waals surface area contributed by atoms with Crippen LogP contribution >= 0.6 is 0 Å². The maximum Gasteiger partial charge on any atom is 0.210 e. The summed E-state index contributed by atoms with van der Waals surface area (Å²) in [4.78, 5) is 0. The number of allylic oxidation sites excluding steroid dienone is 2. The molecule has 170 valence electrons. The van der Waals surface area contributed by atoms with Gasteiger partial charge in [-0.1, -0.05) is 76.9 Å². The first-order valence-corrected chi connectivity index (χ1v) is 19.5. The Labute approximate surface area is 197 Å². The van der Waals surface area contributed by atoms with Gasteiger partial charge in [0, 0.05) is 38.9 Å². The third kappa shape index (κ3) is 6.49. The lowest BCUT2D eigenvalue weighted by Gasteiger charge is -2.17. The van der Waals surface area contributed by atoms with Crippen molar-refractivity contribution in [1.29, 1.82) is 0 Å². The van der Waals surface area contributed by atoms with E-state index in [9.17, 15) is 5.53 Å². The van der Waals surface area contributed by atoms with Crippen molar-refractivity contribution in [3.63, 3.8) is 0 Å². The molecule has 0 radical (unpaired) electrons. The van der Waals surface area contributed by atoms with Crippen LogP contribution in [0.5, 0.6) is 0 Å². The molecule has 0 aromatic heterocycles. The summed E-state index contributed by atoms with van der Waals surface area (Å²) in [5.74, 6) is 0. The Hall–Kier alpha value is -2.05. The molecular formula is C28H40N2Si2. The highest BCUT2D eigenvalue weighted by Gasteiger charge is 2.29. The molecule has 0 saturated heterocycles. The molecule has 0 atom stereocenters. The first-order valence-electron chi connectivity index (χ1n) is 12.1. The Bertz CT molecular complexity index is 1050. The van der Waals surface area contributed by atoms with Crippen LogP contribution in [-0.2, 0) is 12.1 Å². The lowest BCUT2D eigenvalue weighted by atomic mass is 10.0.